The molecule has 2 aromatic carbocycles. The van der Waals surface area contributed by atoms with Crippen LogP contribution >= 0.6 is 35.0 Å². The van der Waals surface area contributed by atoms with Gasteiger partial charge in [-0.05, 0) is 60.0 Å². The number of halogens is 5. The molecule has 2 aromatic rings. The monoisotopic (exact) mass is 486 g/mol. The fourth-order valence-electron chi connectivity index (χ4n) is 3.78. The van der Waals surface area contributed by atoms with E-state index in [0.29, 0.717) is 22.4 Å². The molecule has 0 aliphatic carbocycles. The second-order valence-corrected chi connectivity index (χ2v) is 9.72. The van der Waals surface area contributed by atoms with Gasteiger partial charge in [0.15, 0.2) is 0 Å². The Morgan fingerprint density at radius 3 is 2.39 bits per heavy atom. The van der Waals surface area contributed by atoms with E-state index in [-0.39, 0.29) is 34.1 Å². The fraction of sp³-hybridized carbons (Fsp3) is 0.318. The minimum absolute atomic E-state index is 0.0221. The van der Waals surface area contributed by atoms with Crippen LogP contribution in [0.1, 0.15) is 27.0 Å². The third-order valence-corrected chi connectivity index (χ3v) is 7.30. The first-order chi connectivity index (χ1) is 14.6. The summed E-state index contributed by atoms with van der Waals surface area (Å²) in [6, 6.07) is 9.19. The van der Waals surface area contributed by atoms with Crippen molar-refractivity contribution in [2.45, 2.75) is 24.6 Å². The normalized spacial score (nSPS) is 21.3. The van der Waals surface area contributed by atoms with Crippen molar-refractivity contribution >= 4 is 46.6 Å². The molecule has 0 bridgehead atoms. The summed E-state index contributed by atoms with van der Waals surface area (Å²) in [6.45, 7) is 1.40. The Hall–Kier alpha value is -1.83. The van der Waals surface area contributed by atoms with Gasteiger partial charge < -0.3 is 10.6 Å². The number of hydrogen-bond acceptors (Lipinski definition) is 3. The van der Waals surface area contributed by atoms with Gasteiger partial charge in [-0.25, -0.2) is 0 Å². The third-order valence-electron chi connectivity index (χ3n) is 5.59. The molecule has 31 heavy (non-hydrogen) atoms. The van der Waals surface area contributed by atoms with Crippen LogP contribution in [-0.4, -0.2) is 36.2 Å². The Balaban J connectivity index is 1.68. The van der Waals surface area contributed by atoms with Crippen molar-refractivity contribution < 1.29 is 18.0 Å². The molecule has 0 spiro atoms. The highest BCUT2D eigenvalue weighted by Crippen LogP contribution is 2.47. The minimum atomic E-state index is -4.56. The van der Waals surface area contributed by atoms with Crippen LogP contribution in [0.15, 0.2) is 42.5 Å². The summed E-state index contributed by atoms with van der Waals surface area (Å²) in [5, 5.41) is 6.13. The van der Waals surface area contributed by atoms with E-state index in [1.807, 2.05) is 0 Å². The van der Waals surface area contributed by atoms with Crippen LogP contribution < -0.4 is 10.6 Å². The van der Waals surface area contributed by atoms with Gasteiger partial charge in [-0.15, -0.1) is 0 Å². The minimum Gasteiger partial charge on any atom is -0.383 e. The van der Waals surface area contributed by atoms with Crippen molar-refractivity contribution in [3.05, 3.63) is 74.8 Å². The number of thioether (sulfide) groups is 1. The van der Waals surface area contributed by atoms with Crippen LogP contribution in [-0.2, 0) is 5.41 Å². The molecule has 0 saturated carbocycles. The lowest BCUT2D eigenvalue weighted by Gasteiger charge is -2.30. The molecular weight excluding hydrogens is 468 g/mol. The van der Waals surface area contributed by atoms with Crippen LogP contribution in [0.4, 0.5) is 13.2 Å². The van der Waals surface area contributed by atoms with Crippen LogP contribution in [0.5, 0.6) is 0 Å². The molecule has 1 saturated heterocycles. The molecule has 164 valence electrons. The molecule has 1 unspecified atom stereocenters. The van der Waals surface area contributed by atoms with Gasteiger partial charge in [0, 0.05) is 45.4 Å². The van der Waals surface area contributed by atoms with Gasteiger partial charge in [0.2, 0.25) is 0 Å². The molecule has 4 rings (SSSR count). The van der Waals surface area contributed by atoms with E-state index in [4.69, 9.17) is 23.2 Å². The van der Waals surface area contributed by atoms with Gasteiger partial charge in [0.05, 0.1) is 0 Å². The molecule has 9 heteroatoms. The van der Waals surface area contributed by atoms with Gasteiger partial charge in [-0.1, -0.05) is 29.3 Å². The van der Waals surface area contributed by atoms with Crippen LogP contribution in [0.3, 0.4) is 0 Å². The highest BCUT2D eigenvalue weighted by Gasteiger charge is 2.57. The van der Waals surface area contributed by atoms with Crippen molar-refractivity contribution in [2.24, 2.45) is 0 Å². The molecule has 2 aliphatic heterocycles. The van der Waals surface area contributed by atoms with Crippen molar-refractivity contribution in [3.8, 4) is 0 Å². The lowest BCUT2D eigenvalue weighted by atomic mass is 9.80. The lowest BCUT2D eigenvalue weighted by molar-refractivity contribution is -0.172. The highest BCUT2D eigenvalue weighted by molar-refractivity contribution is 8.00. The van der Waals surface area contributed by atoms with Crippen molar-refractivity contribution in [2.75, 3.05) is 18.1 Å². The van der Waals surface area contributed by atoms with Gasteiger partial charge in [0.1, 0.15) is 5.41 Å². The highest BCUT2D eigenvalue weighted by atomic mass is 35.5. The number of benzene rings is 2. The molecular formula is C22H19Cl2F3N2OS. The number of carbonyl (C=O) groups excluding carboxylic acids is 1. The largest absolute Gasteiger partial charge is 0.403 e. The van der Waals surface area contributed by atoms with Gasteiger partial charge in [-0.2, -0.15) is 24.9 Å². The van der Waals surface area contributed by atoms with Crippen molar-refractivity contribution in [3.63, 3.8) is 0 Å². The number of rotatable bonds is 4. The summed E-state index contributed by atoms with van der Waals surface area (Å²) < 4.78 is 42.7. The van der Waals surface area contributed by atoms with E-state index in [0.717, 1.165) is 11.5 Å². The Morgan fingerprint density at radius 1 is 1.16 bits per heavy atom. The molecule has 2 N–H and O–H groups in total. The smallest absolute Gasteiger partial charge is 0.383 e. The first kappa shape index (κ1) is 22.4. The summed E-state index contributed by atoms with van der Waals surface area (Å²) in [4.78, 5) is 12.5. The van der Waals surface area contributed by atoms with E-state index in [2.05, 4.69) is 10.6 Å². The number of hydrogen-bond donors (Lipinski definition) is 2. The van der Waals surface area contributed by atoms with Crippen LogP contribution in [0.2, 0.25) is 10.0 Å². The average Bonchev–Trinajstić information content (AvgIpc) is 3.10. The van der Waals surface area contributed by atoms with E-state index in [1.165, 1.54) is 24.3 Å². The van der Waals surface area contributed by atoms with E-state index in [1.54, 1.807) is 36.9 Å². The van der Waals surface area contributed by atoms with Crippen LogP contribution in [0, 0.1) is 6.92 Å². The Kier molecular flexibility index (Phi) is 5.96. The first-order valence-corrected chi connectivity index (χ1v) is 11.5. The van der Waals surface area contributed by atoms with E-state index < -0.39 is 11.6 Å². The molecule has 1 amide bonds. The summed E-state index contributed by atoms with van der Waals surface area (Å²) in [7, 11) is 0. The number of amides is 1. The maximum atomic E-state index is 14.2. The fourth-order valence-corrected chi connectivity index (χ4v) is 4.94. The lowest BCUT2D eigenvalue weighted by Crippen LogP contribution is -2.44. The SMILES string of the molecule is Cc1cc(C2=CC(c3cc(Cl)cc(Cl)c3)(C(F)(F)F)CN2)ccc1C(=O)NC1CSC1. The molecule has 3 nitrogen and oxygen atoms in total. The predicted octanol–water partition coefficient (Wildman–Crippen LogP) is 5.59. The van der Waals surface area contributed by atoms with Crippen molar-refractivity contribution in [1.82, 2.24) is 10.6 Å². The summed E-state index contributed by atoms with van der Waals surface area (Å²) in [6.07, 6.45) is -3.39. The second kappa shape index (κ2) is 8.26. The van der Waals surface area contributed by atoms with E-state index >= 15 is 0 Å². The number of aryl methyl sites for hydroxylation is 1. The second-order valence-electron chi connectivity index (χ2n) is 7.78. The summed E-state index contributed by atoms with van der Waals surface area (Å²) in [5.41, 5.74) is -0.150. The zero-order valence-corrected chi connectivity index (χ0v) is 18.8. The summed E-state index contributed by atoms with van der Waals surface area (Å²) in [5.74, 6) is 1.63. The number of alkyl halides is 3. The Morgan fingerprint density at radius 2 is 1.84 bits per heavy atom. The van der Waals surface area contributed by atoms with Gasteiger partial charge in [-0.3, -0.25) is 4.79 Å². The maximum Gasteiger partial charge on any atom is 0.403 e. The van der Waals surface area contributed by atoms with E-state index in [9.17, 15) is 18.0 Å². The summed E-state index contributed by atoms with van der Waals surface area (Å²) >= 11 is 13.7. The molecule has 0 aromatic heterocycles. The maximum absolute atomic E-state index is 14.2. The molecule has 1 atom stereocenters. The molecule has 2 aliphatic rings. The topological polar surface area (TPSA) is 41.1 Å². The Labute approximate surface area is 192 Å². The first-order valence-electron chi connectivity index (χ1n) is 9.59. The van der Waals surface area contributed by atoms with Crippen molar-refractivity contribution in [1.29, 1.82) is 0 Å². The quantitative estimate of drug-likeness (QED) is 0.591. The molecule has 0 radical (unpaired) electrons. The third kappa shape index (κ3) is 4.28. The number of nitrogens with one attached hydrogen (secondary N) is 2. The molecule has 1 fully saturated rings. The van der Waals surface area contributed by atoms with Crippen LogP contribution in [0.25, 0.3) is 5.70 Å². The zero-order chi connectivity index (χ0) is 22.4. The Bertz CT molecular complexity index is 1050. The predicted molar refractivity (Wildman–Crippen MR) is 120 cm³/mol. The standard InChI is InChI=1S/C22H19Cl2F3N2OS/c1-12-4-13(2-3-18(12)20(30)29-17-9-31-10-17)19-8-21(11-28-19,22(25,26)27)14-5-15(23)7-16(24)6-14/h2-8,17,28H,9-11H2,1H3,(H,29,30). The van der Waals surface area contributed by atoms with Gasteiger partial charge in [0.25, 0.3) is 5.91 Å². The average molecular weight is 487 g/mol. The zero-order valence-electron chi connectivity index (χ0n) is 16.4. The number of carbonyl (C=O) groups is 1. The van der Waals surface area contributed by atoms with Gasteiger partial charge >= 0.3 is 6.18 Å². The molecule has 2 heterocycles.